The Bertz CT molecular complexity index is 863. The van der Waals surface area contributed by atoms with Crippen LogP contribution in [0.3, 0.4) is 0 Å². The summed E-state index contributed by atoms with van der Waals surface area (Å²) in [7, 11) is 1.44. The standard InChI is InChI=1S/C18H18ClN3O3/c1-4-16(25-10-5-6-14(20)13(19)7-10)11-8-12(18(21)23)17(24-3)9-15(11)22-2/h4-9H,2,20H2,1,3H3,(H2,21,23)/b16-4+. The normalized spacial score (nSPS) is 11.1. The second-order valence-corrected chi connectivity index (χ2v) is 5.44. The number of carbonyl (C=O) groups is 1. The number of rotatable bonds is 6. The first-order chi connectivity index (χ1) is 11.9. The number of nitrogen functional groups attached to an aromatic ring is 1. The summed E-state index contributed by atoms with van der Waals surface area (Å²) in [4.78, 5) is 15.7. The van der Waals surface area contributed by atoms with Gasteiger partial charge in [-0.1, -0.05) is 11.6 Å². The first-order valence-corrected chi connectivity index (χ1v) is 7.67. The van der Waals surface area contributed by atoms with E-state index in [-0.39, 0.29) is 5.56 Å². The van der Waals surface area contributed by atoms with E-state index in [9.17, 15) is 4.79 Å². The summed E-state index contributed by atoms with van der Waals surface area (Å²) in [6.07, 6.45) is 1.73. The lowest BCUT2D eigenvalue weighted by Crippen LogP contribution is -2.13. The van der Waals surface area contributed by atoms with E-state index in [1.165, 1.54) is 7.11 Å². The zero-order valence-electron chi connectivity index (χ0n) is 13.9. The average molecular weight is 360 g/mol. The molecule has 0 aliphatic carbocycles. The van der Waals surface area contributed by atoms with Gasteiger partial charge in [0.2, 0.25) is 0 Å². The van der Waals surface area contributed by atoms with E-state index in [2.05, 4.69) is 11.7 Å². The summed E-state index contributed by atoms with van der Waals surface area (Å²) in [5.74, 6) is 0.622. The van der Waals surface area contributed by atoms with Crippen molar-refractivity contribution in [3.63, 3.8) is 0 Å². The Morgan fingerprint density at radius 1 is 1.28 bits per heavy atom. The van der Waals surface area contributed by atoms with E-state index in [4.69, 9.17) is 32.5 Å². The van der Waals surface area contributed by atoms with Crippen LogP contribution in [-0.2, 0) is 0 Å². The zero-order chi connectivity index (χ0) is 18.6. The Hall–Kier alpha value is -2.99. The monoisotopic (exact) mass is 359 g/mol. The highest BCUT2D eigenvalue weighted by Gasteiger charge is 2.17. The number of anilines is 1. The van der Waals surface area contributed by atoms with Crippen LogP contribution >= 0.6 is 11.6 Å². The molecule has 2 aromatic carbocycles. The Labute approximate surface area is 150 Å². The van der Waals surface area contributed by atoms with Crippen LogP contribution in [0.4, 0.5) is 11.4 Å². The molecule has 4 N–H and O–H groups in total. The second kappa shape index (κ2) is 7.72. The summed E-state index contributed by atoms with van der Waals surface area (Å²) < 4.78 is 11.1. The Kier molecular flexibility index (Phi) is 5.67. The molecule has 2 rings (SSSR count). The maximum Gasteiger partial charge on any atom is 0.252 e. The first-order valence-electron chi connectivity index (χ1n) is 7.29. The Morgan fingerprint density at radius 3 is 2.52 bits per heavy atom. The molecule has 0 radical (unpaired) electrons. The van der Waals surface area contributed by atoms with Gasteiger partial charge < -0.3 is 20.9 Å². The number of aliphatic imine (C=N–C) groups is 1. The van der Waals surface area contributed by atoms with Gasteiger partial charge in [0.1, 0.15) is 17.3 Å². The summed E-state index contributed by atoms with van der Waals surface area (Å²) >= 11 is 6.02. The van der Waals surface area contributed by atoms with Crippen LogP contribution in [0.25, 0.3) is 5.76 Å². The number of allylic oxidation sites excluding steroid dienone is 1. The number of nitrogens with zero attached hydrogens (tertiary/aromatic N) is 1. The number of hydrogen-bond donors (Lipinski definition) is 2. The van der Waals surface area contributed by atoms with Gasteiger partial charge in [-0.2, -0.15) is 0 Å². The van der Waals surface area contributed by atoms with Crippen LogP contribution in [0.2, 0.25) is 5.02 Å². The van der Waals surface area contributed by atoms with Crippen molar-refractivity contribution in [1.29, 1.82) is 0 Å². The van der Waals surface area contributed by atoms with Crippen molar-refractivity contribution in [3.05, 3.63) is 52.6 Å². The molecular formula is C18H18ClN3O3. The van der Waals surface area contributed by atoms with E-state index in [1.54, 1.807) is 43.3 Å². The highest BCUT2D eigenvalue weighted by molar-refractivity contribution is 6.33. The molecule has 6 nitrogen and oxygen atoms in total. The van der Waals surface area contributed by atoms with E-state index >= 15 is 0 Å². The van der Waals surface area contributed by atoms with Crippen LogP contribution in [-0.4, -0.2) is 19.7 Å². The fourth-order valence-corrected chi connectivity index (χ4v) is 2.40. The van der Waals surface area contributed by atoms with Gasteiger partial charge in [0, 0.05) is 17.7 Å². The molecule has 0 bridgehead atoms. The molecule has 25 heavy (non-hydrogen) atoms. The van der Waals surface area contributed by atoms with Gasteiger partial charge in [0.15, 0.2) is 0 Å². The number of methoxy groups -OCH3 is 1. The van der Waals surface area contributed by atoms with Gasteiger partial charge in [0.05, 0.1) is 29.1 Å². The predicted octanol–water partition coefficient (Wildman–Crippen LogP) is 3.80. The van der Waals surface area contributed by atoms with Gasteiger partial charge in [-0.15, -0.1) is 0 Å². The molecule has 7 heteroatoms. The van der Waals surface area contributed by atoms with E-state index in [0.29, 0.717) is 39.2 Å². The number of ether oxygens (including phenoxy) is 2. The SMILES string of the molecule is C=Nc1cc(OC)c(C(N)=O)cc1/C(=C\C)Oc1ccc(N)c(Cl)c1. The molecule has 0 fully saturated rings. The van der Waals surface area contributed by atoms with Gasteiger partial charge in [-0.05, 0) is 37.9 Å². The maximum atomic E-state index is 11.7. The van der Waals surface area contributed by atoms with Crippen molar-refractivity contribution in [2.75, 3.05) is 12.8 Å². The average Bonchev–Trinajstić information content (AvgIpc) is 2.61. The second-order valence-electron chi connectivity index (χ2n) is 5.03. The van der Waals surface area contributed by atoms with Crippen molar-refractivity contribution in [2.45, 2.75) is 6.92 Å². The maximum absolute atomic E-state index is 11.7. The van der Waals surface area contributed by atoms with E-state index < -0.39 is 5.91 Å². The number of carbonyl (C=O) groups excluding carboxylic acids is 1. The third kappa shape index (κ3) is 3.92. The molecule has 0 aromatic heterocycles. The zero-order valence-corrected chi connectivity index (χ0v) is 14.6. The summed E-state index contributed by atoms with van der Waals surface area (Å²) in [6.45, 7) is 5.34. The lowest BCUT2D eigenvalue weighted by molar-refractivity contribution is 0.0997. The lowest BCUT2D eigenvalue weighted by atomic mass is 10.0. The van der Waals surface area contributed by atoms with Gasteiger partial charge in [-0.25, -0.2) is 0 Å². The summed E-state index contributed by atoms with van der Waals surface area (Å²) in [5, 5.41) is 0.377. The molecule has 0 unspecified atom stereocenters. The van der Waals surface area contributed by atoms with Crippen molar-refractivity contribution < 1.29 is 14.3 Å². The molecule has 1 amide bonds. The van der Waals surface area contributed by atoms with Crippen LogP contribution in [0.5, 0.6) is 11.5 Å². The fourth-order valence-electron chi connectivity index (χ4n) is 2.23. The largest absolute Gasteiger partial charge is 0.496 e. The number of halogens is 1. The summed E-state index contributed by atoms with van der Waals surface area (Å²) in [6, 6.07) is 8.05. The Morgan fingerprint density at radius 2 is 2.00 bits per heavy atom. The number of primary amides is 1. The lowest BCUT2D eigenvalue weighted by Gasteiger charge is -2.15. The summed E-state index contributed by atoms with van der Waals surface area (Å²) in [5.41, 5.74) is 12.8. The third-order valence-electron chi connectivity index (χ3n) is 3.48. The van der Waals surface area contributed by atoms with Crippen molar-refractivity contribution >= 4 is 41.4 Å². The minimum Gasteiger partial charge on any atom is -0.496 e. The number of amides is 1. The molecular weight excluding hydrogens is 342 g/mol. The quantitative estimate of drug-likeness (QED) is 0.465. The van der Waals surface area contributed by atoms with E-state index in [1.807, 2.05) is 0 Å². The van der Waals surface area contributed by atoms with E-state index in [0.717, 1.165) is 0 Å². The topological polar surface area (TPSA) is 99.9 Å². The highest BCUT2D eigenvalue weighted by Crippen LogP contribution is 2.35. The molecule has 0 aliphatic rings. The van der Waals surface area contributed by atoms with Crippen molar-refractivity contribution in [1.82, 2.24) is 0 Å². The molecule has 0 saturated carbocycles. The number of nitrogens with two attached hydrogens (primary N) is 2. The molecule has 130 valence electrons. The molecule has 0 heterocycles. The minimum atomic E-state index is -0.625. The van der Waals surface area contributed by atoms with Crippen LogP contribution in [0.1, 0.15) is 22.8 Å². The van der Waals surface area contributed by atoms with Gasteiger partial charge in [-0.3, -0.25) is 9.79 Å². The highest BCUT2D eigenvalue weighted by atomic mass is 35.5. The number of benzene rings is 2. The smallest absolute Gasteiger partial charge is 0.252 e. The number of hydrogen-bond acceptors (Lipinski definition) is 5. The minimum absolute atomic E-state index is 0.211. The molecule has 0 aliphatic heterocycles. The molecule has 0 saturated heterocycles. The molecule has 0 atom stereocenters. The van der Waals surface area contributed by atoms with Gasteiger partial charge >= 0.3 is 0 Å². The molecule has 0 spiro atoms. The molecule has 2 aromatic rings. The predicted molar refractivity (Wildman–Crippen MR) is 101 cm³/mol. The van der Waals surface area contributed by atoms with Gasteiger partial charge in [0.25, 0.3) is 5.91 Å². The van der Waals surface area contributed by atoms with Crippen LogP contribution < -0.4 is 20.9 Å². The van der Waals surface area contributed by atoms with Crippen molar-refractivity contribution in [2.24, 2.45) is 10.7 Å². The van der Waals surface area contributed by atoms with Crippen LogP contribution in [0.15, 0.2) is 41.4 Å². The fraction of sp³-hybridized carbons (Fsp3) is 0.111. The van der Waals surface area contributed by atoms with Crippen molar-refractivity contribution in [3.8, 4) is 11.5 Å². The Balaban J connectivity index is 2.52. The third-order valence-corrected chi connectivity index (χ3v) is 3.81. The first kappa shape index (κ1) is 18.4. The van der Waals surface area contributed by atoms with Crippen LogP contribution in [0, 0.1) is 0 Å².